The molecule has 22 heavy (non-hydrogen) atoms. The van der Waals surface area contributed by atoms with E-state index in [-0.39, 0.29) is 25.4 Å². The van der Waals surface area contributed by atoms with Crippen LogP contribution in [0.15, 0.2) is 30.3 Å². The highest BCUT2D eigenvalue weighted by Gasteiger charge is 2.32. The lowest BCUT2D eigenvalue weighted by Crippen LogP contribution is -2.36. The summed E-state index contributed by atoms with van der Waals surface area (Å²) in [7, 11) is 0. The summed E-state index contributed by atoms with van der Waals surface area (Å²) in [4.78, 5) is 22.7. The fourth-order valence-corrected chi connectivity index (χ4v) is 2.25. The second kappa shape index (κ2) is 8.23. The summed E-state index contributed by atoms with van der Waals surface area (Å²) in [6.45, 7) is 0.510. The van der Waals surface area contributed by atoms with E-state index in [4.69, 9.17) is 14.6 Å². The number of hydrogen-bond acceptors (Lipinski definition) is 5. The third-order valence-corrected chi connectivity index (χ3v) is 3.36. The standard InChI is InChI=1S/C15H20N2O5/c18-9-7-13-12(17-15(20)22-13)6-8-16-14(19)21-10-11-4-2-1-3-5-11/h1-5,12-13,18H,6-10H2,(H,16,19)(H,17,20). The van der Waals surface area contributed by atoms with Gasteiger partial charge in [-0.25, -0.2) is 9.59 Å². The molecule has 0 aromatic heterocycles. The molecule has 7 heteroatoms. The van der Waals surface area contributed by atoms with Gasteiger partial charge in [0.1, 0.15) is 12.7 Å². The Morgan fingerprint density at radius 2 is 2.09 bits per heavy atom. The van der Waals surface area contributed by atoms with Crippen LogP contribution in [0.5, 0.6) is 0 Å². The number of nitrogens with one attached hydrogen (secondary N) is 2. The van der Waals surface area contributed by atoms with Crippen molar-refractivity contribution in [3.8, 4) is 0 Å². The Hall–Kier alpha value is -2.28. The molecule has 3 N–H and O–H groups in total. The molecule has 0 saturated carbocycles. The van der Waals surface area contributed by atoms with Crippen LogP contribution in [-0.2, 0) is 16.1 Å². The van der Waals surface area contributed by atoms with E-state index in [9.17, 15) is 9.59 Å². The predicted octanol–water partition coefficient (Wildman–Crippen LogP) is 1.16. The summed E-state index contributed by atoms with van der Waals surface area (Å²) in [5, 5.41) is 14.2. The van der Waals surface area contributed by atoms with Crippen molar-refractivity contribution < 1.29 is 24.2 Å². The molecular formula is C15H20N2O5. The molecule has 2 atom stereocenters. The van der Waals surface area contributed by atoms with Gasteiger partial charge in [-0.3, -0.25) is 0 Å². The number of ether oxygens (including phenoxy) is 2. The van der Waals surface area contributed by atoms with Crippen LogP contribution in [0.2, 0.25) is 0 Å². The van der Waals surface area contributed by atoms with Crippen LogP contribution < -0.4 is 10.6 Å². The first-order chi connectivity index (χ1) is 10.7. The molecule has 7 nitrogen and oxygen atoms in total. The molecule has 0 radical (unpaired) electrons. The molecule has 1 saturated heterocycles. The van der Waals surface area contributed by atoms with E-state index in [1.807, 2.05) is 30.3 Å². The number of hydrogen-bond donors (Lipinski definition) is 3. The minimum atomic E-state index is -0.507. The van der Waals surface area contributed by atoms with Crippen LogP contribution in [0.4, 0.5) is 9.59 Å². The van der Waals surface area contributed by atoms with Gasteiger partial charge in [-0.2, -0.15) is 0 Å². The SMILES string of the molecule is O=C(NCCC1NC(=O)OC1CCO)OCc1ccccc1. The number of aliphatic hydroxyl groups is 1. The number of cyclic esters (lactones) is 1. The molecule has 1 aromatic carbocycles. The van der Waals surface area contributed by atoms with Crippen LogP contribution in [0.1, 0.15) is 18.4 Å². The van der Waals surface area contributed by atoms with Crippen LogP contribution in [0, 0.1) is 0 Å². The highest BCUT2D eigenvalue weighted by molar-refractivity contribution is 5.70. The van der Waals surface area contributed by atoms with Gasteiger partial charge in [-0.05, 0) is 12.0 Å². The Bertz CT molecular complexity index is 494. The Morgan fingerprint density at radius 3 is 2.82 bits per heavy atom. The normalized spacial score (nSPS) is 20.1. The number of aliphatic hydroxyl groups excluding tert-OH is 1. The Labute approximate surface area is 128 Å². The molecule has 1 aromatic rings. The van der Waals surface area contributed by atoms with Crippen LogP contribution >= 0.6 is 0 Å². The first kappa shape index (κ1) is 16.1. The maximum atomic E-state index is 11.6. The van der Waals surface area contributed by atoms with Crippen molar-refractivity contribution in [3.05, 3.63) is 35.9 Å². The number of amides is 2. The smallest absolute Gasteiger partial charge is 0.407 e. The first-order valence-corrected chi connectivity index (χ1v) is 7.21. The minimum absolute atomic E-state index is 0.0529. The molecule has 0 spiro atoms. The van der Waals surface area contributed by atoms with Gasteiger partial charge in [0.05, 0.1) is 6.04 Å². The van der Waals surface area contributed by atoms with Crippen molar-refractivity contribution >= 4 is 12.2 Å². The minimum Gasteiger partial charge on any atom is -0.445 e. The summed E-state index contributed by atoms with van der Waals surface area (Å²) < 4.78 is 10.1. The fourth-order valence-electron chi connectivity index (χ4n) is 2.25. The molecule has 2 amide bonds. The van der Waals surface area contributed by atoms with Crippen LogP contribution in [0.25, 0.3) is 0 Å². The molecule has 1 aliphatic rings. The van der Waals surface area contributed by atoms with Crippen molar-refractivity contribution in [2.45, 2.75) is 31.6 Å². The second-order valence-corrected chi connectivity index (χ2v) is 4.98. The van der Waals surface area contributed by atoms with Crippen molar-refractivity contribution in [2.75, 3.05) is 13.2 Å². The van der Waals surface area contributed by atoms with E-state index < -0.39 is 12.2 Å². The zero-order valence-corrected chi connectivity index (χ0v) is 12.2. The number of benzene rings is 1. The van der Waals surface area contributed by atoms with E-state index in [1.54, 1.807) is 0 Å². The van der Waals surface area contributed by atoms with Crippen LogP contribution in [-0.4, -0.2) is 42.6 Å². The lowest BCUT2D eigenvalue weighted by molar-refractivity contribution is 0.108. The molecule has 2 unspecified atom stereocenters. The van der Waals surface area contributed by atoms with Gasteiger partial charge in [-0.1, -0.05) is 30.3 Å². The summed E-state index contributed by atoms with van der Waals surface area (Å²) in [6, 6.07) is 9.18. The third-order valence-electron chi connectivity index (χ3n) is 3.36. The molecular weight excluding hydrogens is 288 g/mol. The zero-order chi connectivity index (χ0) is 15.8. The average Bonchev–Trinajstić information content (AvgIpc) is 2.86. The fraction of sp³-hybridized carbons (Fsp3) is 0.467. The van der Waals surface area contributed by atoms with Crippen molar-refractivity contribution in [1.29, 1.82) is 0 Å². The Kier molecular flexibility index (Phi) is 6.02. The van der Waals surface area contributed by atoms with Gasteiger partial charge in [0.25, 0.3) is 0 Å². The Balaban J connectivity index is 1.65. The zero-order valence-electron chi connectivity index (χ0n) is 12.2. The van der Waals surface area contributed by atoms with Crippen molar-refractivity contribution in [2.24, 2.45) is 0 Å². The summed E-state index contributed by atoms with van der Waals surface area (Å²) in [6.07, 6.45) is -0.471. The predicted molar refractivity (Wildman–Crippen MR) is 78.1 cm³/mol. The van der Waals surface area contributed by atoms with Gasteiger partial charge in [-0.15, -0.1) is 0 Å². The summed E-state index contributed by atoms with van der Waals surface area (Å²) in [5.74, 6) is 0. The van der Waals surface area contributed by atoms with Crippen molar-refractivity contribution in [3.63, 3.8) is 0 Å². The van der Waals surface area contributed by atoms with E-state index >= 15 is 0 Å². The molecule has 1 fully saturated rings. The number of carbonyl (C=O) groups is 2. The maximum Gasteiger partial charge on any atom is 0.407 e. The summed E-state index contributed by atoms with van der Waals surface area (Å²) >= 11 is 0. The van der Waals surface area contributed by atoms with Gasteiger partial charge in [0.2, 0.25) is 0 Å². The molecule has 120 valence electrons. The van der Waals surface area contributed by atoms with Gasteiger partial charge in [0.15, 0.2) is 0 Å². The van der Waals surface area contributed by atoms with Crippen LogP contribution in [0.3, 0.4) is 0 Å². The van der Waals surface area contributed by atoms with E-state index in [0.717, 1.165) is 5.56 Å². The molecule has 0 bridgehead atoms. The average molecular weight is 308 g/mol. The van der Waals surface area contributed by atoms with E-state index in [0.29, 0.717) is 19.4 Å². The highest BCUT2D eigenvalue weighted by Crippen LogP contribution is 2.14. The molecule has 0 aliphatic carbocycles. The lowest BCUT2D eigenvalue weighted by Gasteiger charge is -2.16. The number of carbonyl (C=O) groups excluding carboxylic acids is 2. The van der Waals surface area contributed by atoms with E-state index in [2.05, 4.69) is 10.6 Å². The maximum absolute atomic E-state index is 11.6. The number of alkyl carbamates (subject to hydrolysis) is 2. The molecule has 1 aliphatic heterocycles. The quantitative estimate of drug-likeness (QED) is 0.702. The monoisotopic (exact) mass is 308 g/mol. The van der Waals surface area contributed by atoms with Crippen molar-refractivity contribution in [1.82, 2.24) is 10.6 Å². The lowest BCUT2D eigenvalue weighted by atomic mass is 10.1. The van der Waals surface area contributed by atoms with Gasteiger partial charge >= 0.3 is 12.2 Å². The second-order valence-electron chi connectivity index (χ2n) is 4.98. The third kappa shape index (κ3) is 4.92. The van der Waals surface area contributed by atoms with E-state index in [1.165, 1.54) is 0 Å². The Morgan fingerprint density at radius 1 is 1.32 bits per heavy atom. The summed E-state index contributed by atoms with van der Waals surface area (Å²) in [5.41, 5.74) is 0.914. The first-order valence-electron chi connectivity index (χ1n) is 7.21. The topological polar surface area (TPSA) is 96.9 Å². The van der Waals surface area contributed by atoms with Gasteiger partial charge < -0.3 is 25.2 Å². The molecule has 1 heterocycles. The number of rotatable bonds is 7. The van der Waals surface area contributed by atoms with Gasteiger partial charge in [0, 0.05) is 19.6 Å². The highest BCUT2D eigenvalue weighted by atomic mass is 16.6. The molecule has 2 rings (SSSR count). The largest absolute Gasteiger partial charge is 0.445 e.